The molecular formula is C14H24N2O. The number of aryl methyl sites for hydroxylation is 1. The van der Waals surface area contributed by atoms with Crippen LogP contribution in [0.4, 0.5) is 0 Å². The van der Waals surface area contributed by atoms with Crippen molar-refractivity contribution in [2.75, 3.05) is 13.7 Å². The Morgan fingerprint density at radius 3 is 2.59 bits per heavy atom. The summed E-state index contributed by atoms with van der Waals surface area (Å²) in [6.45, 7) is 7.83. The molecule has 3 nitrogen and oxygen atoms in total. The third-order valence-electron chi connectivity index (χ3n) is 2.64. The summed E-state index contributed by atoms with van der Waals surface area (Å²) in [6.07, 6.45) is 0.986. The van der Waals surface area contributed by atoms with Crippen molar-refractivity contribution < 1.29 is 4.74 Å². The van der Waals surface area contributed by atoms with Crippen LogP contribution in [0.5, 0.6) is 5.75 Å². The summed E-state index contributed by atoms with van der Waals surface area (Å²) < 4.78 is 5.31. The second-order valence-electron chi connectivity index (χ2n) is 5.09. The SMILES string of the molecule is CCc1cc(CNCC(C)(C)N)ccc1OC. The number of rotatable bonds is 6. The van der Waals surface area contributed by atoms with E-state index in [1.807, 2.05) is 19.9 Å². The van der Waals surface area contributed by atoms with Gasteiger partial charge in [0.2, 0.25) is 0 Å². The van der Waals surface area contributed by atoms with E-state index in [4.69, 9.17) is 10.5 Å². The van der Waals surface area contributed by atoms with Crippen molar-refractivity contribution in [1.29, 1.82) is 0 Å². The topological polar surface area (TPSA) is 47.3 Å². The van der Waals surface area contributed by atoms with Crippen LogP contribution in [0.3, 0.4) is 0 Å². The van der Waals surface area contributed by atoms with Gasteiger partial charge in [0.1, 0.15) is 5.75 Å². The lowest BCUT2D eigenvalue weighted by Crippen LogP contribution is -2.42. The van der Waals surface area contributed by atoms with Crippen molar-refractivity contribution >= 4 is 0 Å². The third-order valence-corrected chi connectivity index (χ3v) is 2.64. The number of benzene rings is 1. The summed E-state index contributed by atoms with van der Waals surface area (Å²) >= 11 is 0. The smallest absolute Gasteiger partial charge is 0.122 e. The average molecular weight is 236 g/mol. The van der Waals surface area contributed by atoms with Gasteiger partial charge in [0.15, 0.2) is 0 Å². The molecule has 0 saturated heterocycles. The van der Waals surface area contributed by atoms with Gasteiger partial charge < -0.3 is 15.8 Å². The fraction of sp³-hybridized carbons (Fsp3) is 0.571. The van der Waals surface area contributed by atoms with E-state index in [0.717, 1.165) is 25.3 Å². The van der Waals surface area contributed by atoms with Crippen molar-refractivity contribution in [3.05, 3.63) is 29.3 Å². The Morgan fingerprint density at radius 1 is 1.35 bits per heavy atom. The normalized spacial score (nSPS) is 11.6. The highest BCUT2D eigenvalue weighted by Crippen LogP contribution is 2.20. The molecule has 0 amide bonds. The van der Waals surface area contributed by atoms with E-state index in [0.29, 0.717) is 0 Å². The number of hydrogen-bond donors (Lipinski definition) is 2. The van der Waals surface area contributed by atoms with E-state index >= 15 is 0 Å². The maximum Gasteiger partial charge on any atom is 0.122 e. The molecule has 3 N–H and O–H groups in total. The monoisotopic (exact) mass is 236 g/mol. The predicted octanol–water partition coefficient (Wildman–Crippen LogP) is 2.08. The molecule has 0 fully saturated rings. The van der Waals surface area contributed by atoms with E-state index in [9.17, 15) is 0 Å². The zero-order valence-corrected chi connectivity index (χ0v) is 11.3. The van der Waals surface area contributed by atoms with Crippen LogP contribution in [0.15, 0.2) is 18.2 Å². The maximum absolute atomic E-state index is 5.92. The molecule has 0 heterocycles. The van der Waals surface area contributed by atoms with Crippen LogP contribution in [0.1, 0.15) is 31.9 Å². The van der Waals surface area contributed by atoms with E-state index in [-0.39, 0.29) is 5.54 Å². The molecule has 96 valence electrons. The first-order valence-electron chi connectivity index (χ1n) is 6.11. The van der Waals surface area contributed by atoms with Gasteiger partial charge >= 0.3 is 0 Å². The van der Waals surface area contributed by atoms with E-state index in [1.165, 1.54) is 11.1 Å². The average Bonchev–Trinajstić information content (AvgIpc) is 2.27. The Kier molecular flexibility index (Phi) is 4.97. The summed E-state index contributed by atoms with van der Waals surface area (Å²) in [4.78, 5) is 0. The van der Waals surface area contributed by atoms with Crippen LogP contribution in [0.25, 0.3) is 0 Å². The molecule has 3 heteroatoms. The van der Waals surface area contributed by atoms with Gasteiger partial charge in [-0.15, -0.1) is 0 Å². The summed E-state index contributed by atoms with van der Waals surface area (Å²) in [6, 6.07) is 6.31. The van der Waals surface area contributed by atoms with Crippen LogP contribution < -0.4 is 15.8 Å². The van der Waals surface area contributed by atoms with Crippen molar-refractivity contribution in [3.63, 3.8) is 0 Å². The molecule has 0 unspecified atom stereocenters. The number of ether oxygens (including phenoxy) is 1. The molecule has 17 heavy (non-hydrogen) atoms. The Labute approximate surface area is 104 Å². The minimum absolute atomic E-state index is 0.167. The number of methoxy groups -OCH3 is 1. The quantitative estimate of drug-likeness (QED) is 0.795. The zero-order valence-electron chi connectivity index (χ0n) is 11.3. The Hall–Kier alpha value is -1.06. The van der Waals surface area contributed by atoms with Crippen LogP contribution in [0, 0.1) is 0 Å². The van der Waals surface area contributed by atoms with Gasteiger partial charge in [0.05, 0.1) is 7.11 Å². The van der Waals surface area contributed by atoms with E-state index in [2.05, 4.69) is 24.4 Å². The Bertz CT molecular complexity index is 356. The molecule has 0 saturated carbocycles. The molecule has 0 radical (unpaired) electrons. The maximum atomic E-state index is 5.92. The highest BCUT2D eigenvalue weighted by atomic mass is 16.5. The van der Waals surface area contributed by atoms with Crippen molar-refractivity contribution in [1.82, 2.24) is 5.32 Å². The number of nitrogens with two attached hydrogens (primary N) is 1. The van der Waals surface area contributed by atoms with Gasteiger partial charge in [0.25, 0.3) is 0 Å². The molecule has 1 aromatic carbocycles. The predicted molar refractivity (Wildman–Crippen MR) is 72.3 cm³/mol. The largest absolute Gasteiger partial charge is 0.496 e. The van der Waals surface area contributed by atoms with Crippen molar-refractivity contribution in [3.8, 4) is 5.75 Å². The van der Waals surface area contributed by atoms with Gasteiger partial charge in [-0.25, -0.2) is 0 Å². The second kappa shape index (κ2) is 6.03. The van der Waals surface area contributed by atoms with Gasteiger partial charge in [0, 0.05) is 18.6 Å². The summed E-state index contributed by atoms with van der Waals surface area (Å²) in [5.41, 5.74) is 8.27. The molecule has 0 aliphatic carbocycles. The second-order valence-corrected chi connectivity index (χ2v) is 5.09. The molecule has 0 aliphatic rings. The molecule has 0 aliphatic heterocycles. The fourth-order valence-corrected chi connectivity index (χ4v) is 1.75. The minimum atomic E-state index is -0.167. The lowest BCUT2D eigenvalue weighted by atomic mass is 10.1. The first-order valence-corrected chi connectivity index (χ1v) is 6.11. The van der Waals surface area contributed by atoms with Crippen molar-refractivity contribution in [2.45, 2.75) is 39.3 Å². The standard InChI is InChI=1S/C14H24N2O/c1-5-12-8-11(6-7-13(12)17-4)9-16-10-14(2,3)15/h6-8,16H,5,9-10,15H2,1-4H3. The summed E-state index contributed by atoms with van der Waals surface area (Å²) in [5, 5.41) is 3.36. The lowest BCUT2D eigenvalue weighted by Gasteiger charge is -2.19. The Balaban J connectivity index is 2.60. The van der Waals surface area contributed by atoms with Crippen LogP contribution in [-0.2, 0) is 13.0 Å². The molecule has 0 aromatic heterocycles. The van der Waals surface area contributed by atoms with Crippen LogP contribution in [0.2, 0.25) is 0 Å². The molecule has 0 atom stereocenters. The lowest BCUT2D eigenvalue weighted by molar-refractivity contribution is 0.409. The summed E-state index contributed by atoms with van der Waals surface area (Å²) in [5.74, 6) is 0.968. The van der Waals surface area contributed by atoms with Gasteiger partial charge in [-0.3, -0.25) is 0 Å². The van der Waals surface area contributed by atoms with Gasteiger partial charge in [-0.2, -0.15) is 0 Å². The molecule has 0 spiro atoms. The van der Waals surface area contributed by atoms with Gasteiger partial charge in [-0.1, -0.05) is 19.1 Å². The van der Waals surface area contributed by atoms with Crippen LogP contribution in [-0.4, -0.2) is 19.2 Å². The summed E-state index contributed by atoms with van der Waals surface area (Å²) in [7, 11) is 1.71. The zero-order chi connectivity index (χ0) is 12.9. The van der Waals surface area contributed by atoms with E-state index < -0.39 is 0 Å². The Morgan fingerprint density at radius 2 is 2.06 bits per heavy atom. The number of hydrogen-bond acceptors (Lipinski definition) is 3. The van der Waals surface area contributed by atoms with Gasteiger partial charge in [-0.05, 0) is 37.5 Å². The highest BCUT2D eigenvalue weighted by Gasteiger charge is 2.09. The molecule has 1 aromatic rings. The molecular weight excluding hydrogens is 212 g/mol. The highest BCUT2D eigenvalue weighted by molar-refractivity contribution is 5.37. The molecule has 0 bridgehead atoms. The van der Waals surface area contributed by atoms with Crippen LogP contribution >= 0.6 is 0 Å². The minimum Gasteiger partial charge on any atom is -0.496 e. The van der Waals surface area contributed by atoms with E-state index in [1.54, 1.807) is 7.11 Å². The van der Waals surface area contributed by atoms with Crippen molar-refractivity contribution in [2.24, 2.45) is 5.73 Å². The first-order chi connectivity index (χ1) is 7.96. The first kappa shape index (κ1) is 14.0. The molecule has 1 rings (SSSR count). The fourth-order valence-electron chi connectivity index (χ4n) is 1.75. The number of nitrogens with one attached hydrogen (secondary N) is 1. The third kappa shape index (κ3) is 4.75.